The van der Waals surface area contributed by atoms with Crippen molar-refractivity contribution in [2.45, 2.75) is 32.7 Å². The number of unbranched alkanes of at least 4 members (excludes halogenated alkanes) is 2. The molecule has 1 N–H and O–H groups in total. The molecule has 3 aromatic heterocycles. The van der Waals surface area contributed by atoms with Crippen LogP contribution < -0.4 is 10.9 Å². The lowest BCUT2D eigenvalue weighted by atomic mass is 10.1. The molecule has 0 fully saturated rings. The van der Waals surface area contributed by atoms with Gasteiger partial charge in [0.15, 0.2) is 16.6 Å². The van der Waals surface area contributed by atoms with E-state index in [2.05, 4.69) is 22.3 Å². The maximum absolute atomic E-state index is 13.5. The Morgan fingerprint density at radius 3 is 2.50 bits per heavy atom. The second-order valence-corrected chi connectivity index (χ2v) is 9.51. The van der Waals surface area contributed by atoms with Gasteiger partial charge in [-0.05, 0) is 12.5 Å². The molecule has 0 saturated carbocycles. The first kappa shape index (κ1) is 23.6. The van der Waals surface area contributed by atoms with Crippen LogP contribution in [0, 0.1) is 0 Å². The third kappa shape index (κ3) is 4.57. The molecule has 3 heterocycles. The molecule has 182 valence electrons. The van der Waals surface area contributed by atoms with Crippen LogP contribution in [0.3, 0.4) is 0 Å². The van der Waals surface area contributed by atoms with Crippen LogP contribution in [0.15, 0.2) is 71.8 Å². The molecule has 0 bridgehead atoms. The van der Waals surface area contributed by atoms with E-state index >= 15 is 0 Å². The number of rotatable bonds is 8. The zero-order valence-electron chi connectivity index (χ0n) is 20.1. The van der Waals surface area contributed by atoms with E-state index in [4.69, 9.17) is 4.98 Å². The van der Waals surface area contributed by atoms with Gasteiger partial charge in [-0.25, -0.2) is 14.6 Å². The van der Waals surface area contributed by atoms with Crippen molar-refractivity contribution >= 4 is 33.1 Å². The number of aromatic nitrogens is 5. The number of imidazole rings is 1. The van der Waals surface area contributed by atoms with Crippen molar-refractivity contribution in [1.82, 2.24) is 24.3 Å². The van der Waals surface area contributed by atoms with Crippen LogP contribution in [0.1, 0.15) is 36.7 Å². The number of anilines is 1. The quantitative estimate of drug-likeness (QED) is 0.291. The van der Waals surface area contributed by atoms with Gasteiger partial charge in [0, 0.05) is 36.9 Å². The number of aryl methyl sites for hydroxylation is 2. The van der Waals surface area contributed by atoms with E-state index in [1.807, 2.05) is 48.1 Å². The van der Waals surface area contributed by atoms with Gasteiger partial charge in [0.05, 0.1) is 16.0 Å². The Morgan fingerprint density at radius 1 is 1.03 bits per heavy atom. The van der Waals surface area contributed by atoms with Crippen LogP contribution in [0.25, 0.3) is 32.7 Å². The molecule has 9 heteroatoms. The number of nitrogens with zero attached hydrogens (tertiary/aromatic N) is 5. The number of carbonyl (C=O) groups excluding carboxylic acids is 1. The van der Waals surface area contributed by atoms with Gasteiger partial charge in [-0.15, -0.1) is 0 Å². The van der Waals surface area contributed by atoms with Gasteiger partial charge in [0.1, 0.15) is 0 Å². The van der Waals surface area contributed by atoms with Gasteiger partial charge in [0.2, 0.25) is 0 Å². The lowest BCUT2D eigenvalue weighted by Crippen LogP contribution is -2.27. The number of benzene rings is 2. The molecule has 8 nitrogen and oxygen atoms in total. The summed E-state index contributed by atoms with van der Waals surface area (Å²) < 4.78 is 3.33. The highest BCUT2D eigenvalue weighted by Gasteiger charge is 2.22. The number of thiazole rings is 1. The van der Waals surface area contributed by atoms with Gasteiger partial charge < -0.3 is 4.57 Å². The van der Waals surface area contributed by atoms with E-state index in [0.29, 0.717) is 22.4 Å². The number of carbonyl (C=O) groups is 1. The summed E-state index contributed by atoms with van der Waals surface area (Å²) in [5, 5.41) is 8.84. The summed E-state index contributed by atoms with van der Waals surface area (Å²) in [6.45, 7) is 2.57. The van der Waals surface area contributed by atoms with Crippen LogP contribution in [0.5, 0.6) is 0 Å². The Balaban J connectivity index is 1.55. The van der Waals surface area contributed by atoms with E-state index in [1.54, 1.807) is 30.5 Å². The Bertz CT molecular complexity index is 1590. The molecule has 36 heavy (non-hydrogen) atoms. The molecule has 0 aliphatic heterocycles. The molecule has 0 radical (unpaired) electrons. The number of hydrogen-bond acceptors (Lipinski definition) is 6. The Kier molecular flexibility index (Phi) is 6.73. The number of nitrogens with one attached hydrogen (secondary N) is 1. The Labute approximate surface area is 212 Å². The first-order chi connectivity index (χ1) is 17.6. The molecule has 5 rings (SSSR count). The highest BCUT2D eigenvalue weighted by molar-refractivity contribution is 7.19. The van der Waals surface area contributed by atoms with E-state index in [-0.39, 0.29) is 11.3 Å². The fourth-order valence-corrected chi connectivity index (χ4v) is 5.15. The summed E-state index contributed by atoms with van der Waals surface area (Å²) in [6.07, 6.45) is 6.45. The molecule has 0 atom stereocenters. The van der Waals surface area contributed by atoms with Gasteiger partial charge in [-0.3, -0.25) is 14.9 Å². The smallest absolute Gasteiger partial charge is 0.278 e. The van der Waals surface area contributed by atoms with Gasteiger partial charge in [-0.1, -0.05) is 79.6 Å². The molecule has 0 saturated heterocycles. The number of hydrogen-bond donors (Lipinski definition) is 1. The first-order valence-corrected chi connectivity index (χ1v) is 12.7. The third-order valence-corrected chi connectivity index (χ3v) is 6.94. The maximum Gasteiger partial charge on any atom is 0.278 e. The summed E-state index contributed by atoms with van der Waals surface area (Å²) in [7, 11) is 1.92. The Hall–Kier alpha value is -4.11. The van der Waals surface area contributed by atoms with Crippen molar-refractivity contribution in [3.05, 3.63) is 83.0 Å². The molecule has 2 aromatic carbocycles. The van der Waals surface area contributed by atoms with Gasteiger partial charge in [0.25, 0.3) is 11.5 Å². The SMILES string of the molecule is CCCCCn1nc(C(=O)Nc2nc(-c3ccccc3)c(-c3nccn3C)s2)c2ccccc2c1=O. The monoisotopic (exact) mass is 498 g/mol. The van der Waals surface area contributed by atoms with Crippen molar-refractivity contribution in [1.29, 1.82) is 0 Å². The molecule has 0 unspecified atom stereocenters. The summed E-state index contributed by atoms with van der Waals surface area (Å²) in [6, 6.07) is 16.9. The lowest BCUT2D eigenvalue weighted by molar-refractivity contribution is 0.102. The predicted molar refractivity (Wildman–Crippen MR) is 143 cm³/mol. The molecule has 0 aliphatic rings. The van der Waals surface area contributed by atoms with Crippen molar-refractivity contribution in [2.24, 2.45) is 7.05 Å². The van der Waals surface area contributed by atoms with E-state index in [0.717, 1.165) is 41.2 Å². The molecular weight excluding hydrogens is 472 g/mol. The van der Waals surface area contributed by atoms with Crippen molar-refractivity contribution in [3.63, 3.8) is 0 Å². The van der Waals surface area contributed by atoms with Crippen LogP contribution in [-0.4, -0.2) is 30.2 Å². The van der Waals surface area contributed by atoms with Gasteiger partial charge in [-0.2, -0.15) is 5.10 Å². The van der Waals surface area contributed by atoms with Crippen molar-refractivity contribution in [3.8, 4) is 22.0 Å². The van der Waals surface area contributed by atoms with Crippen molar-refractivity contribution < 1.29 is 4.79 Å². The fraction of sp³-hybridized carbons (Fsp3) is 0.222. The van der Waals surface area contributed by atoms with Crippen LogP contribution >= 0.6 is 11.3 Å². The maximum atomic E-state index is 13.5. The second-order valence-electron chi connectivity index (χ2n) is 8.51. The van der Waals surface area contributed by atoms with Crippen LogP contribution in [0.2, 0.25) is 0 Å². The topological polar surface area (TPSA) is 94.7 Å². The first-order valence-electron chi connectivity index (χ1n) is 11.9. The molecular formula is C27H26N6O2S. The average molecular weight is 499 g/mol. The molecule has 0 aliphatic carbocycles. The lowest BCUT2D eigenvalue weighted by Gasteiger charge is -2.10. The summed E-state index contributed by atoms with van der Waals surface area (Å²) in [5.74, 6) is 0.357. The third-order valence-electron chi connectivity index (χ3n) is 5.98. The largest absolute Gasteiger partial charge is 0.333 e. The minimum atomic E-state index is -0.407. The molecule has 1 amide bonds. The summed E-state index contributed by atoms with van der Waals surface area (Å²) in [5.41, 5.74) is 1.69. The minimum Gasteiger partial charge on any atom is -0.333 e. The zero-order chi connectivity index (χ0) is 25.1. The normalized spacial score (nSPS) is 11.2. The van der Waals surface area contributed by atoms with Crippen molar-refractivity contribution in [2.75, 3.05) is 5.32 Å². The highest BCUT2D eigenvalue weighted by Crippen LogP contribution is 2.38. The second kappa shape index (κ2) is 10.2. The molecule has 0 spiro atoms. The predicted octanol–water partition coefficient (Wildman–Crippen LogP) is 5.36. The fourth-order valence-electron chi connectivity index (χ4n) is 4.12. The zero-order valence-corrected chi connectivity index (χ0v) is 21.0. The summed E-state index contributed by atoms with van der Waals surface area (Å²) in [4.78, 5) is 36.6. The summed E-state index contributed by atoms with van der Waals surface area (Å²) >= 11 is 1.36. The van der Waals surface area contributed by atoms with E-state index < -0.39 is 5.91 Å². The van der Waals surface area contributed by atoms with E-state index in [9.17, 15) is 9.59 Å². The number of amides is 1. The van der Waals surface area contributed by atoms with Gasteiger partial charge >= 0.3 is 0 Å². The van der Waals surface area contributed by atoms with E-state index in [1.165, 1.54) is 16.0 Å². The average Bonchev–Trinajstić information content (AvgIpc) is 3.51. The number of fused-ring (bicyclic) bond motifs is 1. The highest BCUT2D eigenvalue weighted by atomic mass is 32.1. The van der Waals surface area contributed by atoms with Crippen LogP contribution in [-0.2, 0) is 13.6 Å². The van der Waals surface area contributed by atoms with Crippen LogP contribution in [0.4, 0.5) is 5.13 Å². The Morgan fingerprint density at radius 2 is 1.78 bits per heavy atom. The minimum absolute atomic E-state index is 0.184. The standard InChI is InChI=1S/C27H26N6O2S/c1-3-4-10-16-33-26(35)20-14-9-8-13-19(20)22(31-33)25(34)30-27-29-21(18-11-6-5-7-12-18)23(36-27)24-28-15-17-32(24)2/h5-9,11-15,17H,3-4,10,16H2,1-2H3,(H,29,30,34). The molecule has 5 aromatic rings.